The van der Waals surface area contributed by atoms with Crippen molar-refractivity contribution in [3.05, 3.63) is 77.6 Å². The molecule has 40 heavy (non-hydrogen) atoms. The summed E-state index contributed by atoms with van der Waals surface area (Å²) in [5, 5.41) is 14.9. The van der Waals surface area contributed by atoms with Crippen LogP contribution in [0.3, 0.4) is 0 Å². The van der Waals surface area contributed by atoms with E-state index in [4.69, 9.17) is 0 Å². The van der Waals surface area contributed by atoms with Crippen LogP contribution in [-0.4, -0.2) is 68.8 Å². The van der Waals surface area contributed by atoms with Crippen LogP contribution in [0.15, 0.2) is 60.9 Å². The average molecular weight is 543 g/mol. The molecule has 0 spiro atoms. The minimum atomic E-state index is -1.13. The molecule has 0 radical (unpaired) electrons. The van der Waals surface area contributed by atoms with Crippen molar-refractivity contribution in [1.82, 2.24) is 20.1 Å². The van der Waals surface area contributed by atoms with Crippen LogP contribution in [0.2, 0.25) is 0 Å². The van der Waals surface area contributed by atoms with E-state index in [1.165, 1.54) is 0 Å². The smallest absolute Gasteiger partial charge is 0.320 e. The summed E-state index contributed by atoms with van der Waals surface area (Å²) in [5.41, 5.74) is 1.61. The zero-order valence-electron chi connectivity index (χ0n) is 22.7. The van der Waals surface area contributed by atoms with E-state index < -0.39 is 29.9 Å². The predicted molar refractivity (Wildman–Crippen MR) is 150 cm³/mol. The van der Waals surface area contributed by atoms with Crippen LogP contribution < -0.4 is 5.32 Å². The summed E-state index contributed by atoms with van der Waals surface area (Å²) in [6, 6.07) is 12.8. The second-order valence-electron chi connectivity index (χ2n) is 11.0. The molecule has 1 saturated heterocycles. The Labute approximate surface area is 233 Å². The highest BCUT2D eigenvalue weighted by Crippen LogP contribution is 2.33. The highest BCUT2D eigenvalue weighted by atomic mass is 16.4. The Balaban J connectivity index is 1.31. The Morgan fingerprint density at radius 1 is 1.02 bits per heavy atom. The molecule has 5 rings (SSSR count). The lowest BCUT2D eigenvalue weighted by Gasteiger charge is -2.32. The first kappa shape index (κ1) is 27.5. The maximum absolute atomic E-state index is 13.8. The summed E-state index contributed by atoms with van der Waals surface area (Å²) >= 11 is 0. The molecule has 2 aliphatic rings. The Bertz CT molecular complexity index is 1390. The third-order valence-electron chi connectivity index (χ3n) is 7.79. The normalized spacial score (nSPS) is 18.4. The number of nitrogens with zero attached hydrogens (tertiary/aromatic N) is 3. The second kappa shape index (κ2) is 11.6. The molecule has 1 aromatic heterocycles. The van der Waals surface area contributed by atoms with Gasteiger partial charge in [0.2, 0.25) is 5.91 Å². The molecule has 3 atom stereocenters. The molecule has 1 fully saturated rings. The monoisotopic (exact) mass is 542 g/mol. The van der Waals surface area contributed by atoms with Gasteiger partial charge in [-0.2, -0.15) is 0 Å². The molecule has 208 valence electrons. The first-order chi connectivity index (χ1) is 19.2. The number of carboxylic acid groups (broad SMARTS) is 1. The number of amides is 3. The lowest BCUT2D eigenvalue weighted by Crippen LogP contribution is -2.53. The van der Waals surface area contributed by atoms with Gasteiger partial charge in [-0.1, -0.05) is 44.2 Å². The third kappa shape index (κ3) is 5.47. The lowest BCUT2D eigenvalue weighted by molar-refractivity contribution is -0.141. The SMILES string of the molecule is CC(C)C[C@H](N[C@H](CCN1C(=O)c2cc3ccccc3cc2C1=O)C(=O)O)C(=O)N1CCC[C@H]1c1cccnc1. The Morgan fingerprint density at radius 2 is 1.70 bits per heavy atom. The first-order valence-electron chi connectivity index (χ1n) is 13.8. The summed E-state index contributed by atoms with van der Waals surface area (Å²) in [4.78, 5) is 59.5. The number of hydrogen-bond acceptors (Lipinski definition) is 6. The Kier molecular flexibility index (Phi) is 7.93. The third-order valence-corrected chi connectivity index (χ3v) is 7.79. The van der Waals surface area contributed by atoms with Crippen molar-refractivity contribution in [3.63, 3.8) is 0 Å². The van der Waals surface area contributed by atoms with E-state index in [-0.39, 0.29) is 30.8 Å². The van der Waals surface area contributed by atoms with Crippen LogP contribution in [0.25, 0.3) is 10.8 Å². The average Bonchev–Trinajstić information content (AvgIpc) is 3.52. The fourth-order valence-corrected chi connectivity index (χ4v) is 5.82. The predicted octanol–water partition coefficient (Wildman–Crippen LogP) is 4.04. The number of rotatable bonds is 10. The van der Waals surface area contributed by atoms with Gasteiger partial charge in [-0.25, -0.2) is 0 Å². The molecule has 3 heterocycles. The van der Waals surface area contributed by atoms with E-state index in [1.807, 2.05) is 55.1 Å². The molecule has 2 aromatic carbocycles. The van der Waals surface area contributed by atoms with Crippen LogP contribution in [-0.2, 0) is 9.59 Å². The number of hydrogen-bond donors (Lipinski definition) is 2. The molecule has 3 amide bonds. The van der Waals surface area contributed by atoms with Gasteiger partial charge in [0.15, 0.2) is 0 Å². The lowest BCUT2D eigenvalue weighted by atomic mass is 9.99. The zero-order chi connectivity index (χ0) is 28.4. The van der Waals surface area contributed by atoms with Crippen molar-refractivity contribution in [2.75, 3.05) is 13.1 Å². The fourth-order valence-electron chi connectivity index (χ4n) is 5.82. The number of carbonyl (C=O) groups excluding carboxylic acids is 3. The number of benzene rings is 2. The Hall–Kier alpha value is -4.11. The topological polar surface area (TPSA) is 120 Å². The van der Waals surface area contributed by atoms with Crippen molar-refractivity contribution >= 4 is 34.5 Å². The molecule has 0 bridgehead atoms. The van der Waals surface area contributed by atoms with Crippen LogP contribution in [0, 0.1) is 5.92 Å². The van der Waals surface area contributed by atoms with Crippen molar-refractivity contribution in [2.45, 2.75) is 57.7 Å². The van der Waals surface area contributed by atoms with Crippen LogP contribution in [0.5, 0.6) is 0 Å². The van der Waals surface area contributed by atoms with Gasteiger partial charge in [-0.05, 0) is 66.1 Å². The molecule has 0 saturated carbocycles. The number of nitrogens with one attached hydrogen (secondary N) is 1. The van der Waals surface area contributed by atoms with Gasteiger partial charge < -0.3 is 10.0 Å². The molecular formula is C31H34N4O5. The molecule has 0 aliphatic carbocycles. The number of imide groups is 1. The van der Waals surface area contributed by atoms with Crippen molar-refractivity contribution in [3.8, 4) is 0 Å². The molecule has 9 nitrogen and oxygen atoms in total. The van der Waals surface area contributed by atoms with E-state index in [0.29, 0.717) is 24.1 Å². The summed E-state index contributed by atoms with van der Waals surface area (Å²) < 4.78 is 0. The van der Waals surface area contributed by atoms with Gasteiger partial charge in [0, 0.05) is 25.5 Å². The number of aromatic nitrogens is 1. The maximum Gasteiger partial charge on any atom is 0.320 e. The standard InChI is InChI=1S/C31H34N4O5/c1-19(2)15-26(30(38)34-13-6-10-27(34)22-9-5-12-32-18-22)33-25(31(39)40)11-14-35-28(36)23-16-20-7-3-4-8-21(20)17-24(23)29(35)37/h3-5,7-9,12,16-19,25-27,33H,6,10-11,13-15H2,1-2H3,(H,39,40)/t25-,26+,27+/m1/s1. The van der Waals surface area contributed by atoms with Gasteiger partial charge in [-0.15, -0.1) is 0 Å². The minimum absolute atomic E-state index is 0.0196. The van der Waals surface area contributed by atoms with E-state index >= 15 is 0 Å². The highest BCUT2D eigenvalue weighted by Gasteiger charge is 2.39. The van der Waals surface area contributed by atoms with Crippen molar-refractivity contribution in [2.24, 2.45) is 5.92 Å². The maximum atomic E-state index is 13.8. The molecule has 9 heteroatoms. The number of carbonyl (C=O) groups is 4. The van der Waals surface area contributed by atoms with Crippen LogP contribution in [0.1, 0.15) is 71.9 Å². The van der Waals surface area contributed by atoms with Gasteiger partial charge in [0.1, 0.15) is 6.04 Å². The second-order valence-corrected chi connectivity index (χ2v) is 11.0. The fraction of sp³-hybridized carbons (Fsp3) is 0.387. The highest BCUT2D eigenvalue weighted by molar-refractivity contribution is 6.23. The van der Waals surface area contributed by atoms with Crippen LogP contribution in [0.4, 0.5) is 0 Å². The molecule has 2 N–H and O–H groups in total. The van der Waals surface area contributed by atoms with Gasteiger partial charge in [-0.3, -0.25) is 34.4 Å². The van der Waals surface area contributed by atoms with E-state index in [0.717, 1.165) is 34.1 Å². The van der Waals surface area contributed by atoms with E-state index in [2.05, 4.69) is 10.3 Å². The Morgan fingerprint density at radius 3 is 2.27 bits per heavy atom. The summed E-state index contributed by atoms with van der Waals surface area (Å²) in [5.74, 6) is -1.99. The summed E-state index contributed by atoms with van der Waals surface area (Å²) in [6.07, 6.45) is 5.58. The van der Waals surface area contributed by atoms with Gasteiger partial charge in [0.05, 0.1) is 23.2 Å². The van der Waals surface area contributed by atoms with E-state index in [9.17, 15) is 24.3 Å². The number of fused-ring (bicyclic) bond motifs is 2. The number of pyridine rings is 1. The molecule has 0 unspecified atom stereocenters. The van der Waals surface area contributed by atoms with Crippen LogP contribution >= 0.6 is 0 Å². The number of aliphatic carboxylic acids is 1. The zero-order valence-corrected chi connectivity index (χ0v) is 22.7. The van der Waals surface area contributed by atoms with Gasteiger partial charge in [0.25, 0.3) is 11.8 Å². The van der Waals surface area contributed by atoms with Gasteiger partial charge >= 0.3 is 5.97 Å². The van der Waals surface area contributed by atoms with Crippen molar-refractivity contribution < 1.29 is 24.3 Å². The largest absolute Gasteiger partial charge is 0.480 e. The quantitative estimate of drug-likeness (QED) is 0.371. The summed E-state index contributed by atoms with van der Waals surface area (Å²) in [6.45, 7) is 4.50. The molecule has 3 aromatic rings. The van der Waals surface area contributed by atoms with Crippen molar-refractivity contribution in [1.29, 1.82) is 0 Å². The molecular weight excluding hydrogens is 508 g/mol. The number of carboxylic acids is 1. The van der Waals surface area contributed by atoms with E-state index in [1.54, 1.807) is 24.5 Å². The summed E-state index contributed by atoms with van der Waals surface area (Å²) in [7, 11) is 0. The first-order valence-corrected chi connectivity index (χ1v) is 13.8. The minimum Gasteiger partial charge on any atom is -0.480 e. The molecule has 2 aliphatic heterocycles. The number of likely N-dealkylation sites (tertiary alicyclic amines) is 1.